The molecule has 0 bridgehead atoms. The largest absolute Gasteiger partial charge is 0.368 e. The van der Waals surface area contributed by atoms with Gasteiger partial charge in [-0.3, -0.25) is 9.59 Å². The fourth-order valence-corrected chi connectivity index (χ4v) is 2.50. The zero-order chi connectivity index (χ0) is 15.2. The molecule has 21 heavy (non-hydrogen) atoms. The van der Waals surface area contributed by atoms with Crippen molar-refractivity contribution in [3.05, 3.63) is 28.2 Å². The Labute approximate surface area is 132 Å². The first-order valence-corrected chi connectivity index (χ1v) is 7.81. The first kappa shape index (κ1) is 16.0. The summed E-state index contributed by atoms with van der Waals surface area (Å²) in [6.07, 6.45) is 1.57. The predicted octanol–water partition coefficient (Wildman–Crippen LogP) is 2.38. The van der Waals surface area contributed by atoms with Gasteiger partial charge in [0, 0.05) is 29.7 Å². The van der Waals surface area contributed by atoms with Gasteiger partial charge in [-0.2, -0.15) is 0 Å². The van der Waals surface area contributed by atoms with Crippen molar-refractivity contribution in [3.8, 4) is 0 Å². The number of rotatable bonds is 5. The van der Waals surface area contributed by atoms with Crippen molar-refractivity contribution in [3.63, 3.8) is 0 Å². The number of hydrogen-bond acceptors (Lipinski definition) is 3. The zero-order valence-corrected chi connectivity index (χ0v) is 13.5. The minimum absolute atomic E-state index is 0.121. The average molecular weight is 355 g/mol. The lowest BCUT2D eigenvalue weighted by atomic mass is 10.2. The summed E-state index contributed by atoms with van der Waals surface area (Å²) >= 11 is 3.37. The van der Waals surface area contributed by atoms with Crippen molar-refractivity contribution in [2.45, 2.75) is 32.3 Å². The number of benzene rings is 1. The summed E-state index contributed by atoms with van der Waals surface area (Å²) in [7, 11) is 0. The van der Waals surface area contributed by atoms with E-state index in [2.05, 4.69) is 26.6 Å². The number of carbonyl (C=O) groups is 2. The van der Waals surface area contributed by atoms with Crippen LogP contribution in [0.15, 0.2) is 22.7 Å². The topological polar surface area (TPSA) is 67.4 Å². The van der Waals surface area contributed by atoms with Crippen LogP contribution in [0.1, 0.15) is 24.8 Å². The maximum absolute atomic E-state index is 11.9. The highest BCUT2D eigenvalue weighted by molar-refractivity contribution is 9.10. The minimum atomic E-state index is -0.347. The number of aryl methyl sites for hydroxylation is 1. The molecule has 1 aromatic carbocycles. The van der Waals surface area contributed by atoms with E-state index in [9.17, 15) is 9.59 Å². The first-order valence-electron chi connectivity index (χ1n) is 7.01. The molecule has 1 aromatic rings. The van der Waals surface area contributed by atoms with Crippen LogP contribution in [0.2, 0.25) is 0 Å². The third-order valence-corrected chi connectivity index (χ3v) is 3.84. The van der Waals surface area contributed by atoms with Crippen molar-refractivity contribution in [1.29, 1.82) is 0 Å². The minimum Gasteiger partial charge on any atom is -0.368 e. The summed E-state index contributed by atoms with van der Waals surface area (Å²) in [6, 6.07) is 5.71. The van der Waals surface area contributed by atoms with E-state index in [0.29, 0.717) is 13.2 Å². The Morgan fingerprint density at radius 1 is 1.43 bits per heavy atom. The Hall–Kier alpha value is -1.40. The van der Waals surface area contributed by atoms with Gasteiger partial charge >= 0.3 is 0 Å². The smallest absolute Gasteiger partial charge is 0.249 e. The fourth-order valence-electron chi connectivity index (χ4n) is 2.14. The van der Waals surface area contributed by atoms with E-state index in [1.165, 1.54) is 0 Å². The molecule has 0 aromatic heterocycles. The lowest BCUT2D eigenvalue weighted by molar-refractivity contribution is -0.130. The van der Waals surface area contributed by atoms with Gasteiger partial charge in [0.1, 0.15) is 6.10 Å². The monoisotopic (exact) mass is 354 g/mol. The summed E-state index contributed by atoms with van der Waals surface area (Å²) in [5.41, 5.74) is 1.77. The number of halogens is 1. The summed E-state index contributed by atoms with van der Waals surface area (Å²) in [6.45, 7) is 2.89. The van der Waals surface area contributed by atoms with E-state index >= 15 is 0 Å². The zero-order valence-electron chi connectivity index (χ0n) is 11.9. The number of nitrogens with one attached hydrogen (secondary N) is 2. The van der Waals surface area contributed by atoms with Crippen LogP contribution < -0.4 is 10.6 Å². The van der Waals surface area contributed by atoms with Crippen LogP contribution in [0.3, 0.4) is 0 Å². The van der Waals surface area contributed by atoms with E-state index < -0.39 is 0 Å². The molecule has 5 nitrogen and oxygen atoms in total. The molecular weight excluding hydrogens is 336 g/mol. The van der Waals surface area contributed by atoms with Gasteiger partial charge in [-0.1, -0.05) is 22.0 Å². The molecule has 0 saturated carbocycles. The van der Waals surface area contributed by atoms with Gasteiger partial charge < -0.3 is 15.4 Å². The molecule has 114 valence electrons. The quantitative estimate of drug-likeness (QED) is 0.852. The second-order valence-electron chi connectivity index (χ2n) is 5.05. The van der Waals surface area contributed by atoms with E-state index in [1.54, 1.807) is 0 Å². The maximum atomic E-state index is 11.9. The summed E-state index contributed by atoms with van der Waals surface area (Å²) < 4.78 is 6.19. The molecule has 1 saturated heterocycles. The van der Waals surface area contributed by atoms with Gasteiger partial charge in [-0.05, 0) is 37.5 Å². The van der Waals surface area contributed by atoms with Gasteiger partial charge in [0.15, 0.2) is 0 Å². The van der Waals surface area contributed by atoms with E-state index in [-0.39, 0.29) is 24.3 Å². The Morgan fingerprint density at radius 3 is 2.95 bits per heavy atom. The summed E-state index contributed by atoms with van der Waals surface area (Å²) in [5.74, 6) is -0.247. The highest BCUT2D eigenvalue weighted by Crippen LogP contribution is 2.20. The molecule has 0 unspecified atom stereocenters. The molecule has 0 aliphatic carbocycles. The van der Waals surface area contributed by atoms with Crippen molar-refractivity contribution < 1.29 is 14.3 Å². The Bertz CT molecular complexity index is 528. The molecule has 0 spiro atoms. The second kappa shape index (κ2) is 7.56. The van der Waals surface area contributed by atoms with Crippen LogP contribution in [0.25, 0.3) is 0 Å². The van der Waals surface area contributed by atoms with Crippen LogP contribution in [-0.2, 0) is 14.3 Å². The Kier molecular flexibility index (Phi) is 5.76. The average Bonchev–Trinajstić information content (AvgIpc) is 2.97. The first-order chi connectivity index (χ1) is 10.1. The lowest BCUT2D eigenvalue weighted by Gasteiger charge is -2.11. The summed E-state index contributed by atoms with van der Waals surface area (Å²) in [4.78, 5) is 23.6. The number of ether oxygens (including phenoxy) is 1. The van der Waals surface area contributed by atoms with Crippen molar-refractivity contribution >= 4 is 33.4 Å². The Balaban J connectivity index is 1.74. The van der Waals surface area contributed by atoms with E-state index in [0.717, 1.165) is 28.6 Å². The normalized spacial score (nSPS) is 17.5. The third-order valence-electron chi connectivity index (χ3n) is 3.35. The SMILES string of the molecule is Cc1ccc(Br)cc1NC(=O)CCNC(=O)[C@H]1CCCO1. The number of anilines is 1. The molecule has 2 amide bonds. The van der Waals surface area contributed by atoms with Crippen LogP contribution in [0.4, 0.5) is 5.69 Å². The highest BCUT2D eigenvalue weighted by atomic mass is 79.9. The molecule has 2 N–H and O–H groups in total. The van der Waals surface area contributed by atoms with Crippen molar-refractivity contribution in [2.24, 2.45) is 0 Å². The molecule has 1 aliphatic rings. The second-order valence-corrected chi connectivity index (χ2v) is 5.97. The van der Waals surface area contributed by atoms with Crippen LogP contribution in [0.5, 0.6) is 0 Å². The van der Waals surface area contributed by atoms with Gasteiger partial charge in [0.2, 0.25) is 11.8 Å². The van der Waals surface area contributed by atoms with Crippen molar-refractivity contribution in [1.82, 2.24) is 5.32 Å². The molecule has 6 heteroatoms. The molecule has 2 rings (SSSR count). The van der Waals surface area contributed by atoms with Crippen LogP contribution in [-0.4, -0.2) is 31.1 Å². The number of hydrogen-bond donors (Lipinski definition) is 2. The van der Waals surface area contributed by atoms with Gasteiger partial charge in [0.05, 0.1) is 0 Å². The molecule has 1 fully saturated rings. The fraction of sp³-hybridized carbons (Fsp3) is 0.467. The molecular formula is C15H19BrN2O3. The highest BCUT2D eigenvalue weighted by Gasteiger charge is 2.23. The van der Waals surface area contributed by atoms with E-state index in [4.69, 9.17) is 4.74 Å². The molecule has 1 aliphatic heterocycles. The van der Waals surface area contributed by atoms with Crippen molar-refractivity contribution in [2.75, 3.05) is 18.5 Å². The molecule has 0 radical (unpaired) electrons. The number of carbonyl (C=O) groups excluding carboxylic acids is 2. The van der Waals surface area contributed by atoms with Crippen LogP contribution in [0, 0.1) is 6.92 Å². The Morgan fingerprint density at radius 2 is 2.24 bits per heavy atom. The van der Waals surface area contributed by atoms with Gasteiger partial charge in [-0.25, -0.2) is 0 Å². The third kappa shape index (κ3) is 4.82. The van der Waals surface area contributed by atoms with Gasteiger partial charge in [-0.15, -0.1) is 0 Å². The van der Waals surface area contributed by atoms with Crippen LogP contribution >= 0.6 is 15.9 Å². The van der Waals surface area contributed by atoms with E-state index in [1.807, 2.05) is 25.1 Å². The molecule has 1 heterocycles. The molecule has 1 atom stereocenters. The maximum Gasteiger partial charge on any atom is 0.249 e. The summed E-state index contributed by atoms with van der Waals surface area (Å²) in [5, 5.41) is 5.58. The predicted molar refractivity (Wildman–Crippen MR) is 84.1 cm³/mol. The number of amides is 2. The standard InChI is InChI=1S/C15H19BrN2O3/c1-10-4-5-11(16)9-12(10)18-14(19)6-7-17-15(20)13-3-2-8-21-13/h4-5,9,13H,2-3,6-8H2,1H3,(H,17,20)(H,18,19)/t13-/m1/s1. The lowest BCUT2D eigenvalue weighted by Crippen LogP contribution is -2.35. The van der Waals surface area contributed by atoms with Gasteiger partial charge in [0.25, 0.3) is 0 Å².